The summed E-state index contributed by atoms with van der Waals surface area (Å²) in [4.78, 5) is 2.36. The van der Waals surface area contributed by atoms with Crippen LogP contribution in [0.4, 0.5) is 10.1 Å². The second-order valence-corrected chi connectivity index (χ2v) is 11.2. The van der Waals surface area contributed by atoms with E-state index in [-0.39, 0.29) is 10.9 Å². The highest BCUT2D eigenvalue weighted by Crippen LogP contribution is 2.44. The van der Waals surface area contributed by atoms with Crippen LogP contribution in [0.2, 0.25) is 5.02 Å². The first-order valence-electron chi connectivity index (χ1n) is 11.1. The van der Waals surface area contributed by atoms with Crippen molar-refractivity contribution in [3.63, 3.8) is 0 Å². The van der Waals surface area contributed by atoms with Crippen LogP contribution in [-0.4, -0.2) is 45.4 Å². The molecule has 0 aliphatic carbocycles. The van der Waals surface area contributed by atoms with Crippen molar-refractivity contribution < 1.29 is 12.8 Å². The average Bonchev–Trinajstić information content (AvgIpc) is 3.08. The van der Waals surface area contributed by atoms with E-state index in [1.165, 1.54) is 18.4 Å². The SMILES string of the molecule is Cc1c(S(C)(=O)=O)c(-c2cc(F)cc(N3CCNCC3)c2)c(-c2ccc(Cl)cc2)n1C(C)C. The molecule has 0 atom stereocenters. The van der Waals surface area contributed by atoms with Crippen LogP contribution in [0.3, 0.4) is 0 Å². The second kappa shape index (κ2) is 9.12. The summed E-state index contributed by atoms with van der Waals surface area (Å²) in [6, 6.07) is 12.2. The number of aromatic nitrogens is 1. The van der Waals surface area contributed by atoms with Gasteiger partial charge in [0, 0.05) is 60.4 Å². The number of benzene rings is 2. The van der Waals surface area contributed by atoms with Crippen LogP contribution in [-0.2, 0) is 9.84 Å². The van der Waals surface area contributed by atoms with Gasteiger partial charge in [0.05, 0.1) is 10.6 Å². The third-order valence-corrected chi connectivity index (χ3v) is 7.55. The molecule has 3 aromatic rings. The van der Waals surface area contributed by atoms with Gasteiger partial charge in [-0.25, -0.2) is 12.8 Å². The first-order valence-corrected chi connectivity index (χ1v) is 13.3. The van der Waals surface area contributed by atoms with E-state index in [0.29, 0.717) is 21.8 Å². The normalized spacial score (nSPS) is 14.8. The Labute approximate surface area is 200 Å². The molecule has 0 unspecified atom stereocenters. The summed E-state index contributed by atoms with van der Waals surface area (Å²) < 4.78 is 43.0. The standard InChI is InChI=1S/C25H29ClFN3O2S/c1-16(2)30-17(3)25(33(4,31)32)23(24(30)18-5-7-20(26)8-6-18)19-13-21(27)15-22(14-19)29-11-9-28-10-12-29/h5-8,13-16,28H,9-12H2,1-4H3. The quantitative estimate of drug-likeness (QED) is 0.527. The van der Waals surface area contributed by atoms with Crippen molar-refractivity contribution in [3.8, 4) is 22.4 Å². The predicted octanol–water partition coefficient (Wildman–Crippen LogP) is 5.32. The summed E-state index contributed by atoms with van der Waals surface area (Å²) in [5, 5.41) is 3.90. The molecule has 1 aliphatic rings. The van der Waals surface area contributed by atoms with Gasteiger partial charge in [-0.3, -0.25) is 0 Å². The molecule has 33 heavy (non-hydrogen) atoms. The van der Waals surface area contributed by atoms with E-state index >= 15 is 0 Å². The second-order valence-electron chi connectivity index (χ2n) is 8.82. The van der Waals surface area contributed by atoms with Gasteiger partial charge in [0.2, 0.25) is 0 Å². The maximum absolute atomic E-state index is 14.9. The molecule has 1 fully saturated rings. The van der Waals surface area contributed by atoms with E-state index in [4.69, 9.17) is 11.6 Å². The summed E-state index contributed by atoms with van der Waals surface area (Å²) in [7, 11) is -3.61. The van der Waals surface area contributed by atoms with Crippen molar-refractivity contribution in [2.24, 2.45) is 0 Å². The van der Waals surface area contributed by atoms with Crippen LogP contribution in [0.15, 0.2) is 47.4 Å². The van der Waals surface area contributed by atoms with E-state index in [9.17, 15) is 12.8 Å². The Hall–Kier alpha value is -2.35. The number of rotatable bonds is 5. The Morgan fingerprint density at radius 1 is 1.03 bits per heavy atom. The highest BCUT2D eigenvalue weighted by molar-refractivity contribution is 7.91. The first-order chi connectivity index (χ1) is 15.6. The highest BCUT2D eigenvalue weighted by Gasteiger charge is 2.30. The smallest absolute Gasteiger partial charge is 0.177 e. The number of nitrogens with one attached hydrogen (secondary N) is 1. The van der Waals surface area contributed by atoms with Crippen LogP contribution in [0.5, 0.6) is 0 Å². The molecule has 5 nitrogen and oxygen atoms in total. The predicted molar refractivity (Wildman–Crippen MR) is 134 cm³/mol. The van der Waals surface area contributed by atoms with Crippen LogP contribution in [0.1, 0.15) is 25.6 Å². The summed E-state index contributed by atoms with van der Waals surface area (Å²) in [6.07, 6.45) is 1.21. The Kier molecular flexibility index (Phi) is 6.58. The lowest BCUT2D eigenvalue weighted by Gasteiger charge is -2.30. The molecule has 176 valence electrons. The zero-order valence-electron chi connectivity index (χ0n) is 19.3. The monoisotopic (exact) mass is 489 g/mol. The van der Waals surface area contributed by atoms with Gasteiger partial charge in [-0.05, 0) is 62.2 Å². The number of piperazine rings is 1. The Morgan fingerprint density at radius 3 is 2.24 bits per heavy atom. The van der Waals surface area contributed by atoms with Crippen LogP contribution in [0.25, 0.3) is 22.4 Å². The maximum atomic E-state index is 14.9. The number of sulfone groups is 1. The third kappa shape index (κ3) is 4.67. The number of anilines is 1. The molecule has 8 heteroatoms. The van der Waals surface area contributed by atoms with Gasteiger partial charge < -0.3 is 14.8 Å². The van der Waals surface area contributed by atoms with Crippen molar-refractivity contribution in [2.45, 2.75) is 31.7 Å². The number of hydrogen-bond donors (Lipinski definition) is 1. The molecule has 0 radical (unpaired) electrons. The maximum Gasteiger partial charge on any atom is 0.177 e. The molecule has 1 aliphatic heterocycles. The van der Waals surface area contributed by atoms with Gasteiger partial charge >= 0.3 is 0 Å². The molecule has 0 spiro atoms. The topological polar surface area (TPSA) is 54.3 Å². The largest absolute Gasteiger partial charge is 0.369 e. The van der Waals surface area contributed by atoms with Crippen molar-refractivity contribution in [1.82, 2.24) is 9.88 Å². The Bertz CT molecular complexity index is 1280. The lowest BCUT2D eigenvalue weighted by molar-refractivity contribution is 0.583. The minimum Gasteiger partial charge on any atom is -0.369 e. The molecule has 1 saturated heterocycles. The van der Waals surface area contributed by atoms with Crippen molar-refractivity contribution in [2.75, 3.05) is 37.3 Å². The Balaban J connectivity index is 2.06. The molecule has 2 aromatic carbocycles. The van der Waals surface area contributed by atoms with Crippen molar-refractivity contribution in [1.29, 1.82) is 0 Å². The summed E-state index contributed by atoms with van der Waals surface area (Å²) in [5.74, 6) is -0.391. The summed E-state index contributed by atoms with van der Waals surface area (Å²) >= 11 is 6.13. The zero-order valence-corrected chi connectivity index (χ0v) is 20.9. The van der Waals surface area contributed by atoms with Gasteiger partial charge in [-0.15, -0.1) is 0 Å². The average molecular weight is 490 g/mol. The fourth-order valence-electron chi connectivity index (χ4n) is 4.77. The van der Waals surface area contributed by atoms with Crippen LogP contribution in [0, 0.1) is 12.7 Å². The van der Waals surface area contributed by atoms with Gasteiger partial charge in [0.25, 0.3) is 0 Å². The number of hydrogen-bond acceptors (Lipinski definition) is 4. The van der Waals surface area contributed by atoms with Gasteiger partial charge in [0.1, 0.15) is 5.82 Å². The summed E-state index contributed by atoms with van der Waals surface area (Å²) in [6.45, 7) is 9.00. The molecule has 2 heterocycles. The third-order valence-electron chi connectivity index (χ3n) is 6.05. The zero-order chi connectivity index (χ0) is 23.9. The van der Waals surface area contributed by atoms with E-state index in [2.05, 4.69) is 10.2 Å². The van der Waals surface area contributed by atoms with Crippen molar-refractivity contribution in [3.05, 3.63) is 59.0 Å². The first kappa shape index (κ1) is 23.8. The summed E-state index contributed by atoms with van der Waals surface area (Å²) in [5.41, 5.74) is 4.05. The molecule has 0 bridgehead atoms. The fraction of sp³-hybridized carbons (Fsp3) is 0.360. The molecular weight excluding hydrogens is 461 g/mol. The molecule has 0 amide bonds. The van der Waals surface area contributed by atoms with Gasteiger partial charge in [-0.1, -0.05) is 23.7 Å². The van der Waals surface area contributed by atoms with Gasteiger partial charge in [-0.2, -0.15) is 0 Å². The van der Waals surface area contributed by atoms with E-state index in [0.717, 1.165) is 43.1 Å². The fourth-order valence-corrected chi connectivity index (χ4v) is 6.11. The minimum atomic E-state index is -3.61. The van der Waals surface area contributed by atoms with E-state index in [1.807, 2.05) is 43.5 Å². The number of nitrogens with zero attached hydrogens (tertiary/aromatic N) is 2. The highest BCUT2D eigenvalue weighted by atomic mass is 35.5. The molecule has 4 rings (SSSR count). The lowest BCUT2D eigenvalue weighted by Crippen LogP contribution is -2.43. The van der Waals surface area contributed by atoms with E-state index in [1.54, 1.807) is 12.1 Å². The van der Waals surface area contributed by atoms with Gasteiger partial charge in [0.15, 0.2) is 9.84 Å². The Morgan fingerprint density at radius 2 is 1.67 bits per heavy atom. The minimum absolute atomic E-state index is 0.00822. The van der Waals surface area contributed by atoms with Crippen LogP contribution >= 0.6 is 11.6 Å². The van der Waals surface area contributed by atoms with Crippen molar-refractivity contribution >= 4 is 27.1 Å². The molecule has 1 N–H and O–H groups in total. The number of halogens is 2. The van der Waals surface area contributed by atoms with E-state index < -0.39 is 15.7 Å². The molecule has 1 aromatic heterocycles. The molecule has 0 saturated carbocycles. The lowest BCUT2D eigenvalue weighted by atomic mass is 9.99. The molecular formula is C25H29ClFN3O2S. The van der Waals surface area contributed by atoms with Crippen LogP contribution < -0.4 is 10.2 Å².